The molecule has 0 radical (unpaired) electrons. The van der Waals surface area contributed by atoms with Gasteiger partial charge in [0.2, 0.25) is 0 Å². The number of ether oxygens (including phenoxy) is 2. The number of carbonyl (C=O) groups excluding carboxylic acids is 3. The lowest BCUT2D eigenvalue weighted by Crippen LogP contribution is -2.46. The van der Waals surface area contributed by atoms with Gasteiger partial charge in [0.25, 0.3) is 11.8 Å². The number of likely N-dealkylation sites (tertiary alicyclic amines) is 1. The molecule has 152 valence electrons. The van der Waals surface area contributed by atoms with Crippen LogP contribution in [-0.2, 0) is 4.79 Å². The molecule has 2 aromatic rings. The van der Waals surface area contributed by atoms with E-state index in [0.29, 0.717) is 48.6 Å². The summed E-state index contributed by atoms with van der Waals surface area (Å²) in [6.07, 6.45) is 1.33. The van der Waals surface area contributed by atoms with Crippen molar-refractivity contribution in [3.05, 3.63) is 59.7 Å². The zero-order chi connectivity index (χ0) is 20.8. The number of methoxy groups -OCH3 is 1. The van der Waals surface area contributed by atoms with Crippen LogP contribution in [0.2, 0.25) is 0 Å². The van der Waals surface area contributed by atoms with Crippen LogP contribution >= 0.6 is 0 Å². The van der Waals surface area contributed by atoms with Crippen LogP contribution in [-0.4, -0.2) is 48.9 Å². The van der Waals surface area contributed by atoms with E-state index in [2.05, 4.69) is 5.32 Å². The number of nitrogens with zero attached hydrogens (tertiary/aromatic N) is 1. The topological polar surface area (TPSA) is 84.9 Å². The van der Waals surface area contributed by atoms with Crippen LogP contribution in [0.4, 0.5) is 0 Å². The van der Waals surface area contributed by atoms with Crippen molar-refractivity contribution >= 4 is 17.8 Å². The van der Waals surface area contributed by atoms with E-state index >= 15 is 0 Å². The normalized spacial score (nSPS) is 14.2. The molecule has 3 rings (SSSR count). The summed E-state index contributed by atoms with van der Waals surface area (Å²) in [4.78, 5) is 38.2. The molecule has 1 N–H and O–H groups in total. The Balaban J connectivity index is 1.56. The third-order valence-electron chi connectivity index (χ3n) is 4.81. The van der Waals surface area contributed by atoms with Gasteiger partial charge in [0.15, 0.2) is 0 Å². The molecule has 7 heteroatoms. The van der Waals surface area contributed by atoms with E-state index in [4.69, 9.17) is 9.47 Å². The summed E-state index contributed by atoms with van der Waals surface area (Å²) in [6, 6.07) is 13.6. The van der Waals surface area contributed by atoms with Gasteiger partial charge in [-0.1, -0.05) is 18.2 Å². The van der Waals surface area contributed by atoms with Crippen molar-refractivity contribution in [2.75, 3.05) is 20.2 Å². The Morgan fingerprint density at radius 1 is 1.03 bits per heavy atom. The smallest absolute Gasteiger partial charge is 0.308 e. The standard InChI is InChI=1S/C22H24N2O5/c1-15(25)29-18-7-5-6-16(14-18)21(26)23-17-10-12-24(13-11-17)22(27)19-8-3-4-9-20(19)28-2/h3-9,14,17H,10-13H2,1-2H3,(H,23,26). The molecule has 1 aliphatic rings. The van der Waals surface area contributed by atoms with Crippen molar-refractivity contribution in [2.24, 2.45) is 0 Å². The van der Waals surface area contributed by atoms with Crippen LogP contribution in [0, 0.1) is 0 Å². The highest BCUT2D eigenvalue weighted by Gasteiger charge is 2.26. The van der Waals surface area contributed by atoms with Gasteiger partial charge in [0.05, 0.1) is 12.7 Å². The zero-order valence-corrected chi connectivity index (χ0v) is 16.5. The number of piperidine rings is 1. The first-order chi connectivity index (χ1) is 14.0. The van der Waals surface area contributed by atoms with Crippen LogP contribution in [0.3, 0.4) is 0 Å². The van der Waals surface area contributed by atoms with E-state index in [1.165, 1.54) is 13.0 Å². The Kier molecular flexibility index (Phi) is 6.49. The van der Waals surface area contributed by atoms with Gasteiger partial charge in [-0.25, -0.2) is 0 Å². The number of rotatable bonds is 5. The van der Waals surface area contributed by atoms with Crippen LogP contribution in [0.15, 0.2) is 48.5 Å². The maximum Gasteiger partial charge on any atom is 0.308 e. The fourth-order valence-electron chi connectivity index (χ4n) is 3.35. The van der Waals surface area contributed by atoms with Crippen molar-refractivity contribution in [3.8, 4) is 11.5 Å². The second-order valence-electron chi connectivity index (χ2n) is 6.86. The number of para-hydroxylation sites is 1. The average Bonchev–Trinajstić information content (AvgIpc) is 2.73. The summed E-state index contributed by atoms with van der Waals surface area (Å²) in [5, 5.41) is 3.00. The highest BCUT2D eigenvalue weighted by molar-refractivity contribution is 5.97. The molecule has 0 saturated carbocycles. The number of carbonyl (C=O) groups is 3. The molecular weight excluding hydrogens is 372 g/mol. The molecule has 1 aliphatic heterocycles. The number of amides is 2. The molecule has 0 bridgehead atoms. The van der Waals surface area contributed by atoms with Crippen molar-refractivity contribution in [1.29, 1.82) is 0 Å². The lowest BCUT2D eigenvalue weighted by molar-refractivity contribution is -0.131. The maximum atomic E-state index is 12.8. The fourth-order valence-corrected chi connectivity index (χ4v) is 3.35. The van der Waals surface area contributed by atoms with Crippen molar-refractivity contribution in [1.82, 2.24) is 10.2 Å². The molecule has 7 nitrogen and oxygen atoms in total. The largest absolute Gasteiger partial charge is 0.496 e. The Morgan fingerprint density at radius 3 is 2.45 bits per heavy atom. The van der Waals surface area contributed by atoms with Gasteiger partial charge < -0.3 is 19.7 Å². The predicted octanol–water partition coefficient (Wildman–Crippen LogP) is 2.66. The zero-order valence-electron chi connectivity index (χ0n) is 16.5. The molecule has 1 saturated heterocycles. The third-order valence-corrected chi connectivity index (χ3v) is 4.81. The highest BCUT2D eigenvalue weighted by Crippen LogP contribution is 2.22. The Hall–Kier alpha value is -3.35. The summed E-state index contributed by atoms with van der Waals surface area (Å²) < 4.78 is 10.3. The van der Waals surface area contributed by atoms with Gasteiger partial charge in [-0.15, -0.1) is 0 Å². The van der Waals surface area contributed by atoms with E-state index in [9.17, 15) is 14.4 Å². The first-order valence-corrected chi connectivity index (χ1v) is 9.49. The minimum Gasteiger partial charge on any atom is -0.496 e. The van der Waals surface area contributed by atoms with Crippen molar-refractivity contribution < 1.29 is 23.9 Å². The first kappa shape index (κ1) is 20.4. The molecule has 2 amide bonds. The monoisotopic (exact) mass is 396 g/mol. The fraction of sp³-hybridized carbons (Fsp3) is 0.318. The SMILES string of the molecule is COc1ccccc1C(=O)N1CCC(NC(=O)c2cccc(OC(C)=O)c2)CC1. The summed E-state index contributed by atoms with van der Waals surface area (Å²) in [7, 11) is 1.55. The lowest BCUT2D eigenvalue weighted by atomic mass is 10.0. The van der Waals surface area contributed by atoms with Crippen molar-refractivity contribution in [2.45, 2.75) is 25.8 Å². The molecule has 0 atom stereocenters. The summed E-state index contributed by atoms with van der Waals surface area (Å²) >= 11 is 0. The molecule has 1 fully saturated rings. The summed E-state index contributed by atoms with van der Waals surface area (Å²) in [5.41, 5.74) is 0.969. The van der Waals surface area contributed by atoms with E-state index in [1.807, 2.05) is 12.1 Å². The minimum atomic E-state index is -0.436. The second kappa shape index (κ2) is 9.23. The third kappa shape index (κ3) is 5.13. The summed E-state index contributed by atoms with van der Waals surface area (Å²) in [5.74, 6) is 0.160. The minimum absolute atomic E-state index is 0.0263. The van der Waals surface area contributed by atoms with E-state index in [0.717, 1.165) is 0 Å². The predicted molar refractivity (Wildman–Crippen MR) is 107 cm³/mol. The average molecular weight is 396 g/mol. The Bertz CT molecular complexity index is 904. The number of hydrogen-bond acceptors (Lipinski definition) is 5. The molecule has 0 unspecified atom stereocenters. The van der Waals surface area contributed by atoms with Gasteiger partial charge in [-0.2, -0.15) is 0 Å². The maximum absolute atomic E-state index is 12.8. The quantitative estimate of drug-likeness (QED) is 0.620. The van der Waals surface area contributed by atoms with Gasteiger partial charge in [-0.3, -0.25) is 14.4 Å². The van der Waals surface area contributed by atoms with E-state index in [-0.39, 0.29) is 17.9 Å². The van der Waals surface area contributed by atoms with Crippen LogP contribution < -0.4 is 14.8 Å². The molecule has 0 aliphatic carbocycles. The summed E-state index contributed by atoms with van der Waals surface area (Å²) in [6.45, 7) is 2.41. The highest BCUT2D eigenvalue weighted by atomic mass is 16.5. The van der Waals surface area contributed by atoms with Gasteiger partial charge in [0, 0.05) is 31.6 Å². The molecule has 29 heavy (non-hydrogen) atoms. The van der Waals surface area contributed by atoms with Crippen molar-refractivity contribution in [3.63, 3.8) is 0 Å². The lowest BCUT2D eigenvalue weighted by Gasteiger charge is -2.32. The molecule has 0 spiro atoms. The number of benzene rings is 2. The first-order valence-electron chi connectivity index (χ1n) is 9.49. The van der Waals surface area contributed by atoms with Gasteiger partial charge >= 0.3 is 5.97 Å². The van der Waals surface area contributed by atoms with Crippen LogP contribution in [0.25, 0.3) is 0 Å². The molecule has 0 aromatic heterocycles. The second-order valence-corrected chi connectivity index (χ2v) is 6.86. The van der Waals surface area contributed by atoms with Gasteiger partial charge in [0.1, 0.15) is 11.5 Å². The Morgan fingerprint density at radius 2 is 1.76 bits per heavy atom. The Labute approximate surface area is 169 Å². The number of nitrogens with one attached hydrogen (secondary N) is 1. The molecular formula is C22H24N2O5. The van der Waals surface area contributed by atoms with Gasteiger partial charge in [-0.05, 0) is 43.2 Å². The molecule has 2 aromatic carbocycles. The van der Waals surface area contributed by atoms with E-state index in [1.54, 1.807) is 42.3 Å². The van der Waals surface area contributed by atoms with Crippen LogP contribution in [0.5, 0.6) is 11.5 Å². The van der Waals surface area contributed by atoms with E-state index < -0.39 is 5.97 Å². The number of esters is 1. The number of hydrogen-bond donors (Lipinski definition) is 1. The van der Waals surface area contributed by atoms with Crippen LogP contribution in [0.1, 0.15) is 40.5 Å². The molecule has 1 heterocycles.